The van der Waals surface area contributed by atoms with Gasteiger partial charge in [-0.1, -0.05) is 12.1 Å². The quantitative estimate of drug-likeness (QED) is 0.659. The summed E-state index contributed by atoms with van der Waals surface area (Å²) in [7, 11) is -7.91. The average Bonchev–Trinajstić information content (AvgIpc) is 2.72. The third kappa shape index (κ3) is 4.18. The van der Waals surface area contributed by atoms with E-state index in [0.29, 0.717) is 12.1 Å². The van der Waals surface area contributed by atoms with Crippen molar-refractivity contribution in [1.82, 2.24) is 4.98 Å². The van der Waals surface area contributed by atoms with Gasteiger partial charge in [-0.3, -0.25) is 0 Å². The summed E-state index contributed by atoms with van der Waals surface area (Å²) >= 11 is 0. The Labute approximate surface area is 186 Å². The van der Waals surface area contributed by atoms with Crippen LogP contribution in [0, 0.1) is 11.8 Å². The summed E-state index contributed by atoms with van der Waals surface area (Å²) in [5.41, 5.74) is 0.189. The second-order valence-corrected chi connectivity index (χ2v) is 11.8. The van der Waals surface area contributed by atoms with Crippen molar-refractivity contribution < 1.29 is 25.6 Å². The van der Waals surface area contributed by atoms with E-state index in [0.717, 1.165) is 19.3 Å². The van der Waals surface area contributed by atoms with Gasteiger partial charge >= 0.3 is 0 Å². The van der Waals surface area contributed by atoms with Crippen LogP contribution in [0.3, 0.4) is 0 Å². The summed E-state index contributed by atoms with van der Waals surface area (Å²) in [4.78, 5) is 6.14. The summed E-state index contributed by atoms with van der Waals surface area (Å²) in [6.45, 7) is 2.35. The molecule has 1 saturated heterocycles. The van der Waals surface area contributed by atoms with E-state index in [2.05, 4.69) is 4.98 Å². The molecule has 12 heteroatoms. The number of sulfone groups is 1. The third-order valence-corrected chi connectivity index (χ3v) is 8.61. The Morgan fingerprint density at radius 3 is 2.47 bits per heavy atom. The van der Waals surface area contributed by atoms with Gasteiger partial charge in [0.1, 0.15) is 10.6 Å². The Kier molecular flexibility index (Phi) is 5.88. The molecule has 1 fully saturated rings. The van der Waals surface area contributed by atoms with E-state index in [1.165, 1.54) is 29.2 Å². The lowest BCUT2D eigenvalue weighted by atomic mass is 10.0. The molecule has 2 N–H and O–H groups in total. The Morgan fingerprint density at radius 1 is 1.16 bits per heavy atom. The van der Waals surface area contributed by atoms with Crippen LogP contribution >= 0.6 is 0 Å². The highest BCUT2D eigenvalue weighted by Crippen LogP contribution is 2.39. The van der Waals surface area contributed by atoms with Crippen LogP contribution in [0.2, 0.25) is 0 Å². The van der Waals surface area contributed by atoms with Crippen molar-refractivity contribution in [2.24, 2.45) is 5.14 Å². The van der Waals surface area contributed by atoms with Crippen molar-refractivity contribution in [2.75, 3.05) is 28.6 Å². The molecule has 2 aromatic rings. The van der Waals surface area contributed by atoms with E-state index >= 15 is 8.78 Å². The first-order valence-corrected chi connectivity index (χ1v) is 13.4. The zero-order valence-electron chi connectivity index (χ0n) is 17.5. The second kappa shape index (κ2) is 8.23. The number of fused-ring (bicyclic) bond motifs is 1. The number of aromatic nitrogens is 1. The van der Waals surface area contributed by atoms with E-state index in [1.54, 1.807) is 4.90 Å². The van der Waals surface area contributed by atoms with Crippen LogP contribution in [-0.2, 0) is 26.4 Å². The first-order valence-electron chi connectivity index (χ1n) is 10.2. The van der Waals surface area contributed by atoms with Crippen LogP contribution in [0.1, 0.15) is 31.7 Å². The highest BCUT2D eigenvalue weighted by atomic mass is 32.2. The zero-order chi connectivity index (χ0) is 23.3. The van der Waals surface area contributed by atoms with Crippen molar-refractivity contribution in [3.05, 3.63) is 41.6 Å². The molecule has 1 aromatic heterocycles. The van der Waals surface area contributed by atoms with Crippen molar-refractivity contribution >= 4 is 31.4 Å². The minimum absolute atomic E-state index is 0.0466. The summed E-state index contributed by atoms with van der Waals surface area (Å²) < 4.78 is 79.1. The fraction of sp³-hybridized carbons (Fsp3) is 0.450. The van der Waals surface area contributed by atoms with Crippen LogP contribution in [0.15, 0.2) is 34.1 Å². The van der Waals surface area contributed by atoms with Crippen molar-refractivity contribution in [3.63, 3.8) is 0 Å². The molecule has 0 radical (unpaired) electrons. The molecular formula is C20H24F2N4O4S2. The van der Waals surface area contributed by atoms with E-state index in [1.807, 2.05) is 6.92 Å². The molecule has 0 aliphatic carbocycles. The molecule has 174 valence electrons. The van der Waals surface area contributed by atoms with Crippen molar-refractivity contribution in [3.8, 4) is 0 Å². The monoisotopic (exact) mass is 486 g/mol. The normalized spacial score (nSPS) is 20.8. The van der Waals surface area contributed by atoms with Gasteiger partial charge in [0.25, 0.3) is 0 Å². The molecular weight excluding hydrogens is 462 g/mol. The molecule has 2 aliphatic rings. The maximum absolute atomic E-state index is 15.5. The number of pyridine rings is 1. The van der Waals surface area contributed by atoms with E-state index in [9.17, 15) is 16.8 Å². The Hall–Kier alpha value is -2.31. The number of nitrogens with zero attached hydrogens (tertiary/aromatic N) is 3. The zero-order valence-corrected chi connectivity index (χ0v) is 19.1. The van der Waals surface area contributed by atoms with Gasteiger partial charge in [0.2, 0.25) is 16.0 Å². The fourth-order valence-corrected chi connectivity index (χ4v) is 6.31. The molecule has 1 aromatic carbocycles. The standard InChI is InChI=1S/C20H24F2N4O4S2/c1-13-4-2-3-9-26(13)20-16(21)18-17(19(22)24-20)25(10-11-31(18,27)28)12-14-5-7-15(8-6-14)32(23,29)30/h5-8,13H,2-4,9-12H2,1H3,(H2,23,29,30)/t13-/m1/s1. The fourth-order valence-electron chi connectivity index (χ4n) is 4.26. The lowest BCUT2D eigenvalue weighted by Gasteiger charge is -2.36. The van der Waals surface area contributed by atoms with Crippen LogP contribution in [0.25, 0.3) is 0 Å². The van der Waals surface area contributed by atoms with E-state index in [-0.39, 0.29) is 35.6 Å². The number of anilines is 2. The maximum atomic E-state index is 15.5. The third-order valence-electron chi connectivity index (χ3n) is 5.97. The lowest BCUT2D eigenvalue weighted by molar-refractivity contribution is 0.456. The molecule has 2 aliphatic heterocycles. The Balaban J connectivity index is 1.75. The van der Waals surface area contributed by atoms with Gasteiger partial charge in [-0.25, -0.2) is 26.4 Å². The van der Waals surface area contributed by atoms with Crippen molar-refractivity contribution in [1.29, 1.82) is 0 Å². The topological polar surface area (TPSA) is 114 Å². The van der Waals surface area contributed by atoms with Crippen LogP contribution < -0.4 is 14.9 Å². The first-order chi connectivity index (χ1) is 15.0. The molecule has 4 rings (SSSR count). The molecule has 8 nitrogen and oxygen atoms in total. The number of hydrogen-bond donors (Lipinski definition) is 1. The number of piperidine rings is 1. The predicted octanol–water partition coefficient (Wildman–Crippen LogP) is 2.18. The summed E-state index contributed by atoms with van der Waals surface area (Å²) in [6, 6.07) is 5.52. The molecule has 0 spiro atoms. The molecule has 0 unspecified atom stereocenters. The van der Waals surface area contributed by atoms with Gasteiger partial charge in [0, 0.05) is 25.7 Å². The number of hydrogen-bond acceptors (Lipinski definition) is 7. The van der Waals surface area contributed by atoms with Gasteiger partial charge in [0.15, 0.2) is 21.5 Å². The van der Waals surface area contributed by atoms with Gasteiger partial charge in [0.05, 0.1) is 10.6 Å². The smallest absolute Gasteiger partial charge is 0.239 e. The summed E-state index contributed by atoms with van der Waals surface area (Å²) in [6.07, 6.45) is 2.54. The minimum Gasteiger partial charge on any atom is -0.361 e. The maximum Gasteiger partial charge on any atom is 0.239 e. The molecule has 1 atom stereocenters. The number of rotatable bonds is 4. The van der Waals surface area contributed by atoms with E-state index < -0.39 is 42.2 Å². The minimum atomic E-state index is -4.04. The molecule has 0 bridgehead atoms. The number of halogens is 2. The van der Waals surface area contributed by atoms with Crippen LogP contribution in [-0.4, -0.2) is 46.7 Å². The Bertz CT molecular complexity index is 1250. The van der Waals surface area contributed by atoms with Gasteiger partial charge in [-0.05, 0) is 43.9 Å². The first kappa shape index (κ1) is 22.9. The average molecular weight is 487 g/mol. The van der Waals surface area contributed by atoms with E-state index in [4.69, 9.17) is 5.14 Å². The molecule has 3 heterocycles. The van der Waals surface area contributed by atoms with Crippen LogP contribution in [0.5, 0.6) is 0 Å². The second-order valence-electron chi connectivity index (χ2n) is 8.19. The van der Waals surface area contributed by atoms with Gasteiger partial charge < -0.3 is 9.80 Å². The highest BCUT2D eigenvalue weighted by molar-refractivity contribution is 7.91. The van der Waals surface area contributed by atoms with Gasteiger partial charge in [-0.2, -0.15) is 9.37 Å². The number of primary sulfonamides is 1. The highest BCUT2D eigenvalue weighted by Gasteiger charge is 2.38. The largest absolute Gasteiger partial charge is 0.361 e. The van der Waals surface area contributed by atoms with Crippen LogP contribution in [0.4, 0.5) is 20.3 Å². The summed E-state index contributed by atoms with van der Waals surface area (Å²) in [5.74, 6) is -2.70. The lowest BCUT2D eigenvalue weighted by Crippen LogP contribution is -2.41. The molecule has 0 amide bonds. The molecule has 0 saturated carbocycles. The van der Waals surface area contributed by atoms with Crippen molar-refractivity contribution in [2.45, 2.75) is 48.6 Å². The number of sulfonamides is 1. The number of benzene rings is 1. The Morgan fingerprint density at radius 2 is 1.84 bits per heavy atom. The summed E-state index contributed by atoms with van der Waals surface area (Å²) in [5, 5.41) is 5.10. The number of nitrogens with two attached hydrogens (primary N) is 1. The molecule has 32 heavy (non-hydrogen) atoms. The SMILES string of the molecule is C[C@@H]1CCCCN1c1nc(F)c2c(c1F)S(=O)(=O)CCN2Cc1ccc(S(N)(=O)=O)cc1. The van der Waals surface area contributed by atoms with Gasteiger partial charge in [-0.15, -0.1) is 0 Å². The predicted molar refractivity (Wildman–Crippen MR) is 116 cm³/mol.